The van der Waals surface area contributed by atoms with Gasteiger partial charge in [0.2, 0.25) is 5.96 Å². The summed E-state index contributed by atoms with van der Waals surface area (Å²) in [5.41, 5.74) is 16.1. The molecule has 2 amide bonds. The number of fused-ring (bicyclic) bond motifs is 1. The Morgan fingerprint density at radius 1 is 1.16 bits per heavy atom. The number of carbonyl (C=O) groups excluding carboxylic acids is 2. The Kier molecular flexibility index (Phi) is 5.96. The first-order valence-electron chi connectivity index (χ1n) is 9.62. The van der Waals surface area contributed by atoms with E-state index in [0.29, 0.717) is 35.4 Å². The van der Waals surface area contributed by atoms with Crippen LogP contribution in [0, 0.1) is 22.5 Å². The maximum atomic E-state index is 12.7. The predicted octanol–water partition coefficient (Wildman–Crippen LogP) is 1.52. The molecular formula is C20H23N7O5. The van der Waals surface area contributed by atoms with Crippen LogP contribution in [0.4, 0.5) is 5.69 Å². The van der Waals surface area contributed by atoms with Gasteiger partial charge in [-0.25, -0.2) is 0 Å². The molecule has 12 heteroatoms. The standard InChI is InChI=1S/C20H23N7O5/c1-10-15-12(23-26-19(21)22)8-20(2,3)9-14(15)32-16(10)18(29)25-24-17(28)11-6-4-5-7-13(11)27(30)31/h4-7H,8-9H2,1-3H3,(H,24,28)(H,25,29)(H4,21,22,26)/b23-12-. The van der Waals surface area contributed by atoms with Gasteiger partial charge in [0.25, 0.3) is 11.6 Å². The van der Waals surface area contributed by atoms with Crippen LogP contribution in [0.2, 0.25) is 0 Å². The van der Waals surface area contributed by atoms with Crippen molar-refractivity contribution in [3.05, 3.63) is 62.6 Å². The molecule has 6 N–H and O–H groups in total. The number of nitrogens with one attached hydrogen (secondary N) is 2. The molecule has 1 aromatic carbocycles. The maximum absolute atomic E-state index is 12.7. The third-order valence-electron chi connectivity index (χ3n) is 4.92. The second-order valence-electron chi connectivity index (χ2n) is 8.13. The Morgan fingerprint density at radius 2 is 1.81 bits per heavy atom. The van der Waals surface area contributed by atoms with E-state index >= 15 is 0 Å². The van der Waals surface area contributed by atoms with E-state index < -0.39 is 16.7 Å². The number of nitrogens with two attached hydrogens (primary N) is 2. The molecule has 168 valence electrons. The summed E-state index contributed by atoms with van der Waals surface area (Å²) >= 11 is 0. The van der Waals surface area contributed by atoms with E-state index in [-0.39, 0.29) is 28.4 Å². The zero-order valence-corrected chi connectivity index (χ0v) is 17.8. The Morgan fingerprint density at radius 3 is 2.47 bits per heavy atom. The van der Waals surface area contributed by atoms with Gasteiger partial charge in [0.05, 0.1) is 10.6 Å². The van der Waals surface area contributed by atoms with Crippen molar-refractivity contribution >= 4 is 29.2 Å². The highest BCUT2D eigenvalue weighted by Gasteiger charge is 2.36. The molecule has 0 saturated heterocycles. The van der Waals surface area contributed by atoms with Gasteiger partial charge >= 0.3 is 5.91 Å². The first-order valence-corrected chi connectivity index (χ1v) is 9.62. The summed E-state index contributed by atoms with van der Waals surface area (Å²) in [5.74, 6) is -1.22. The number of hydrogen-bond acceptors (Lipinski definition) is 7. The SMILES string of the molecule is Cc1c(C(=O)NNC(=O)c2ccccc2[N+](=O)[O-])oc2c1/C(=N\N=C(N)N)CC(C)(C)C2. The largest absolute Gasteiger partial charge is 0.455 e. The Bertz CT molecular complexity index is 1160. The fraction of sp³-hybridized carbons (Fsp3) is 0.300. The molecule has 0 fully saturated rings. The lowest BCUT2D eigenvalue weighted by Crippen LogP contribution is -2.41. The van der Waals surface area contributed by atoms with Gasteiger partial charge in [-0.3, -0.25) is 30.6 Å². The molecule has 0 atom stereocenters. The zero-order chi connectivity index (χ0) is 23.6. The lowest BCUT2D eigenvalue weighted by Gasteiger charge is -2.29. The van der Waals surface area contributed by atoms with Crippen LogP contribution in [0.25, 0.3) is 0 Å². The van der Waals surface area contributed by atoms with Crippen molar-refractivity contribution in [3.63, 3.8) is 0 Å². The lowest BCUT2D eigenvalue weighted by molar-refractivity contribution is -0.385. The molecule has 0 bridgehead atoms. The van der Waals surface area contributed by atoms with E-state index in [1.807, 2.05) is 13.8 Å². The molecule has 1 aliphatic carbocycles. The van der Waals surface area contributed by atoms with Gasteiger partial charge in [-0.2, -0.15) is 5.10 Å². The number of furan rings is 1. The van der Waals surface area contributed by atoms with E-state index in [9.17, 15) is 19.7 Å². The normalized spacial score (nSPS) is 15.5. The third kappa shape index (κ3) is 4.58. The molecule has 0 spiro atoms. The average molecular weight is 441 g/mol. The second kappa shape index (κ2) is 8.49. The summed E-state index contributed by atoms with van der Waals surface area (Å²) in [6.07, 6.45) is 1.12. The summed E-state index contributed by atoms with van der Waals surface area (Å²) in [4.78, 5) is 35.5. The van der Waals surface area contributed by atoms with Gasteiger partial charge in [-0.05, 0) is 24.8 Å². The molecule has 0 radical (unpaired) electrons. The minimum absolute atomic E-state index is 0.0204. The van der Waals surface area contributed by atoms with Crippen molar-refractivity contribution in [2.24, 2.45) is 27.1 Å². The van der Waals surface area contributed by atoms with Gasteiger partial charge in [-0.1, -0.05) is 26.0 Å². The Labute approximate surface area is 182 Å². The predicted molar refractivity (Wildman–Crippen MR) is 116 cm³/mol. The number of hydrogen-bond donors (Lipinski definition) is 4. The van der Waals surface area contributed by atoms with Crippen LogP contribution in [0.3, 0.4) is 0 Å². The van der Waals surface area contributed by atoms with Crippen molar-refractivity contribution in [1.82, 2.24) is 10.9 Å². The van der Waals surface area contributed by atoms with Gasteiger partial charge < -0.3 is 15.9 Å². The number of benzene rings is 1. The van der Waals surface area contributed by atoms with Crippen LogP contribution in [0.5, 0.6) is 0 Å². The number of para-hydroxylation sites is 1. The number of nitro groups is 1. The first-order chi connectivity index (χ1) is 15.0. The number of carbonyl (C=O) groups is 2. The van der Waals surface area contributed by atoms with Crippen molar-refractivity contribution in [2.45, 2.75) is 33.6 Å². The van der Waals surface area contributed by atoms with Gasteiger partial charge in [0, 0.05) is 23.6 Å². The first kappa shape index (κ1) is 22.5. The van der Waals surface area contributed by atoms with Gasteiger partial charge in [0.1, 0.15) is 11.3 Å². The molecule has 32 heavy (non-hydrogen) atoms. The molecular weight excluding hydrogens is 418 g/mol. The topological polar surface area (TPSA) is 191 Å². The molecule has 0 unspecified atom stereocenters. The van der Waals surface area contributed by atoms with E-state index in [2.05, 4.69) is 21.1 Å². The molecule has 0 aliphatic heterocycles. The number of amides is 2. The molecule has 1 aromatic heterocycles. The summed E-state index contributed by atoms with van der Waals surface area (Å²) in [5, 5.41) is 19.0. The van der Waals surface area contributed by atoms with E-state index in [1.54, 1.807) is 6.92 Å². The molecule has 12 nitrogen and oxygen atoms in total. The number of guanidine groups is 1. The fourth-order valence-corrected chi connectivity index (χ4v) is 3.60. The molecule has 3 rings (SSSR count). The summed E-state index contributed by atoms with van der Waals surface area (Å²) in [6.45, 7) is 5.72. The van der Waals surface area contributed by atoms with Crippen LogP contribution in [-0.4, -0.2) is 28.4 Å². The number of nitrogens with zero attached hydrogens (tertiary/aromatic N) is 3. The quantitative estimate of drug-likeness (QED) is 0.239. The molecule has 1 heterocycles. The smallest absolute Gasteiger partial charge is 0.305 e. The highest BCUT2D eigenvalue weighted by Crippen LogP contribution is 2.39. The number of hydrazine groups is 1. The zero-order valence-electron chi connectivity index (χ0n) is 17.8. The number of nitro benzene ring substituents is 1. The van der Waals surface area contributed by atoms with Gasteiger partial charge in [-0.15, -0.1) is 5.10 Å². The maximum Gasteiger partial charge on any atom is 0.305 e. The van der Waals surface area contributed by atoms with E-state index in [1.165, 1.54) is 24.3 Å². The minimum Gasteiger partial charge on any atom is -0.455 e. The molecule has 0 saturated carbocycles. The highest BCUT2D eigenvalue weighted by atomic mass is 16.6. The number of rotatable bonds is 4. The monoisotopic (exact) mass is 441 g/mol. The lowest BCUT2D eigenvalue weighted by atomic mass is 9.75. The van der Waals surface area contributed by atoms with Crippen LogP contribution in [0.1, 0.15) is 58.1 Å². The van der Waals surface area contributed by atoms with E-state index in [0.717, 1.165) is 0 Å². The van der Waals surface area contributed by atoms with Crippen molar-refractivity contribution in [1.29, 1.82) is 0 Å². The van der Waals surface area contributed by atoms with E-state index in [4.69, 9.17) is 15.9 Å². The van der Waals surface area contributed by atoms with Gasteiger partial charge in [0.15, 0.2) is 5.76 Å². The van der Waals surface area contributed by atoms with Crippen molar-refractivity contribution in [2.75, 3.05) is 0 Å². The Hall–Kier alpha value is -4.22. The molecule has 2 aromatic rings. The Balaban J connectivity index is 1.85. The summed E-state index contributed by atoms with van der Waals surface area (Å²) in [7, 11) is 0. The van der Waals surface area contributed by atoms with Crippen LogP contribution >= 0.6 is 0 Å². The summed E-state index contributed by atoms with van der Waals surface area (Å²) in [6, 6.07) is 5.40. The van der Waals surface area contributed by atoms with Crippen LogP contribution in [-0.2, 0) is 6.42 Å². The van der Waals surface area contributed by atoms with Crippen molar-refractivity contribution < 1.29 is 18.9 Å². The van der Waals surface area contributed by atoms with Crippen molar-refractivity contribution in [3.8, 4) is 0 Å². The highest BCUT2D eigenvalue weighted by molar-refractivity contribution is 6.07. The molecule has 1 aliphatic rings. The summed E-state index contributed by atoms with van der Waals surface area (Å²) < 4.78 is 5.81. The second-order valence-corrected chi connectivity index (χ2v) is 8.13. The fourth-order valence-electron chi connectivity index (χ4n) is 3.60. The third-order valence-corrected chi connectivity index (χ3v) is 4.92. The van der Waals surface area contributed by atoms with Crippen LogP contribution in [0.15, 0.2) is 38.9 Å². The van der Waals surface area contributed by atoms with Crippen LogP contribution < -0.4 is 22.3 Å². The minimum atomic E-state index is -0.837. The average Bonchev–Trinajstić information content (AvgIpc) is 3.04.